The number of aryl methyl sites for hydroxylation is 1. The molecule has 0 radical (unpaired) electrons. The fourth-order valence-corrected chi connectivity index (χ4v) is 2.67. The number of nitrogens with zero attached hydrogens (tertiary/aromatic N) is 2. The highest BCUT2D eigenvalue weighted by Crippen LogP contribution is 2.14. The summed E-state index contributed by atoms with van der Waals surface area (Å²) in [6.07, 6.45) is 0. The molecular weight excluding hydrogens is 394 g/mol. The fourth-order valence-electron chi connectivity index (χ4n) is 2.47. The van der Waals surface area contributed by atoms with Gasteiger partial charge in [-0.15, -0.1) is 5.10 Å². The van der Waals surface area contributed by atoms with E-state index in [-0.39, 0.29) is 29.8 Å². The van der Waals surface area contributed by atoms with Crippen LogP contribution in [0.4, 0.5) is 5.69 Å². The van der Waals surface area contributed by atoms with Gasteiger partial charge in [0.25, 0.3) is 10.7 Å². The zero-order valence-corrected chi connectivity index (χ0v) is 16.7. The highest BCUT2D eigenvalue weighted by Gasteiger charge is 2.12. The number of aromatic nitrogens is 2. The Labute approximate surface area is 172 Å². The number of esters is 1. The molecule has 0 fully saturated rings. The van der Waals surface area contributed by atoms with Gasteiger partial charge in [-0.05, 0) is 49.5 Å². The number of methoxy groups -OCH3 is 1. The second-order valence-corrected chi connectivity index (χ2v) is 6.49. The lowest BCUT2D eigenvalue weighted by molar-refractivity contribution is -0.117. The number of amides is 1. The van der Waals surface area contributed by atoms with Crippen LogP contribution in [0.2, 0.25) is 0 Å². The molecule has 0 aliphatic rings. The van der Waals surface area contributed by atoms with Crippen LogP contribution in [0.1, 0.15) is 21.8 Å². The molecular formula is C20H19N3O5S. The molecule has 0 saturated heterocycles. The highest BCUT2D eigenvalue weighted by atomic mass is 32.1. The Morgan fingerprint density at radius 2 is 1.97 bits per heavy atom. The zero-order chi connectivity index (χ0) is 20.8. The number of hydrogen-bond acceptors (Lipinski definition) is 7. The van der Waals surface area contributed by atoms with E-state index in [0.717, 1.165) is 5.56 Å². The second kappa shape index (κ2) is 9.16. The summed E-state index contributed by atoms with van der Waals surface area (Å²) in [6, 6.07) is 14.0. The Hall–Kier alpha value is -3.46. The van der Waals surface area contributed by atoms with Crippen molar-refractivity contribution in [1.29, 1.82) is 0 Å². The molecule has 150 valence electrons. The van der Waals surface area contributed by atoms with Crippen LogP contribution in [0.3, 0.4) is 0 Å². The van der Waals surface area contributed by atoms with Crippen molar-refractivity contribution in [3.8, 4) is 5.75 Å². The normalized spacial score (nSPS) is 10.4. The number of benzene rings is 2. The Morgan fingerprint density at radius 1 is 1.21 bits per heavy atom. The van der Waals surface area contributed by atoms with Crippen LogP contribution < -0.4 is 10.1 Å². The Morgan fingerprint density at radius 3 is 2.69 bits per heavy atom. The predicted octanol–water partition coefficient (Wildman–Crippen LogP) is 3.52. The first-order valence-corrected chi connectivity index (χ1v) is 9.10. The van der Waals surface area contributed by atoms with Crippen LogP contribution in [-0.4, -0.2) is 28.8 Å². The Balaban J connectivity index is 1.60. The average molecular weight is 413 g/mol. The SMILES string of the molecule is COC(=O)c1cccc(NC(=O)Cn2nc(COc3ccc(C)cc3)oc2=S)c1. The van der Waals surface area contributed by atoms with Gasteiger partial charge in [0.15, 0.2) is 6.61 Å². The van der Waals surface area contributed by atoms with Crippen molar-refractivity contribution in [2.45, 2.75) is 20.1 Å². The molecule has 0 bridgehead atoms. The minimum Gasteiger partial charge on any atom is -0.484 e. The number of carbonyl (C=O) groups is 2. The summed E-state index contributed by atoms with van der Waals surface area (Å²) >= 11 is 5.11. The topological polar surface area (TPSA) is 95.6 Å². The van der Waals surface area contributed by atoms with E-state index in [2.05, 4.69) is 15.2 Å². The number of nitrogens with one attached hydrogen (secondary N) is 1. The Bertz CT molecular complexity index is 1070. The van der Waals surface area contributed by atoms with Crippen molar-refractivity contribution >= 4 is 29.8 Å². The van der Waals surface area contributed by atoms with Gasteiger partial charge in [-0.2, -0.15) is 0 Å². The molecule has 1 N–H and O–H groups in total. The summed E-state index contributed by atoms with van der Waals surface area (Å²) in [4.78, 5) is 23.9. The molecule has 8 nitrogen and oxygen atoms in total. The second-order valence-electron chi connectivity index (χ2n) is 6.14. The molecule has 0 aliphatic carbocycles. The molecule has 29 heavy (non-hydrogen) atoms. The van der Waals surface area contributed by atoms with E-state index in [9.17, 15) is 9.59 Å². The van der Waals surface area contributed by atoms with Gasteiger partial charge in [-0.3, -0.25) is 4.79 Å². The summed E-state index contributed by atoms with van der Waals surface area (Å²) in [5, 5.41) is 6.85. The van der Waals surface area contributed by atoms with E-state index < -0.39 is 5.97 Å². The third-order valence-electron chi connectivity index (χ3n) is 3.89. The maximum Gasteiger partial charge on any atom is 0.337 e. The first-order valence-electron chi connectivity index (χ1n) is 8.69. The molecule has 3 rings (SSSR count). The molecule has 0 spiro atoms. The van der Waals surface area contributed by atoms with Crippen LogP contribution in [0.25, 0.3) is 0 Å². The molecule has 1 amide bonds. The highest BCUT2D eigenvalue weighted by molar-refractivity contribution is 7.71. The molecule has 1 heterocycles. The third kappa shape index (κ3) is 5.52. The molecule has 0 aliphatic heterocycles. The first-order chi connectivity index (χ1) is 13.9. The van der Waals surface area contributed by atoms with Crippen LogP contribution in [-0.2, 0) is 22.7 Å². The Kier molecular flexibility index (Phi) is 6.40. The number of hydrogen-bond donors (Lipinski definition) is 1. The van der Waals surface area contributed by atoms with Gasteiger partial charge in [0.1, 0.15) is 12.3 Å². The maximum absolute atomic E-state index is 12.3. The van der Waals surface area contributed by atoms with E-state index in [4.69, 9.17) is 21.4 Å². The van der Waals surface area contributed by atoms with Crippen molar-refractivity contribution < 1.29 is 23.5 Å². The zero-order valence-electron chi connectivity index (χ0n) is 15.9. The lowest BCUT2D eigenvalue weighted by atomic mass is 10.2. The lowest BCUT2D eigenvalue weighted by Crippen LogP contribution is -2.20. The van der Waals surface area contributed by atoms with Crippen molar-refractivity contribution in [2.75, 3.05) is 12.4 Å². The van der Waals surface area contributed by atoms with Crippen molar-refractivity contribution in [3.05, 3.63) is 70.4 Å². The van der Waals surface area contributed by atoms with E-state index >= 15 is 0 Å². The molecule has 0 atom stereocenters. The smallest absolute Gasteiger partial charge is 0.337 e. The lowest BCUT2D eigenvalue weighted by Gasteiger charge is -2.06. The minimum absolute atomic E-state index is 0.0611. The number of carbonyl (C=O) groups excluding carboxylic acids is 2. The van der Waals surface area contributed by atoms with E-state index in [1.165, 1.54) is 17.9 Å². The first kappa shape index (κ1) is 20.3. The molecule has 1 aromatic heterocycles. The van der Waals surface area contributed by atoms with Gasteiger partial charge in [0.05, 0.1) is 12.7 Å². The standard InChI is InChI=1S/C20H19N3O5S/c1-13-6-8-16(9-7-13)27-12-18-22-23(20(29)28-18)11-17(24)21-15-5-3-4-14(10-15)19(25)26-2/h3-10H,11-12H2,1-2H3,(H,21,24). The molecule has 3 aromatic rings. The summed E-state index contributed by atoms with van der Waals surface area (Å²) in [5.41, 5.74) is 1.91. The van der Waals surface area contributed by atoms with Crippen LogP contribution in [0, 0.1) is 11.8 Å². The average Bonchev–Trinajstić information content (AvgIpc) is 3.06. The summed E-state index contributed by atoms with van der Waals surface area (Å²) < 4.78 is 16.9. The number of anilines is 1. The van der Waals surface area contributed by atoms with Gasteiger partial charge in [0.2, 0.25) is 5.91 Å². The van der Waals surface area contributed by atoms with Crippen molar-refractivity contribution in [1.82, 2.24) is 9.78 Å². The van der Waals surface area contributed by atoms with Crippen LogP contribution >= 0.6 is 12.2 Å². The van der Waals surface area contributed by atoms with E-state index in [1.54, 1.807) is 18.2 Å². The monoisotopic (exact) mass is 413 g/mol. The van der Waals surface area contributed by atoms with Crippen LogP contribution in [0.15, 0.2) is 52.9 Å². The van der Waals surface area contributed by atoms with Gasteiger partial charge < -0.3 is 19.2 Å². The van der Waals surface area contributed by atoms with Gasteiger partial charge in [-0.25, -0.2) is 9.48 Å². The quantitative estimate of drug-likeness (QED) is 0.468. The maximum atomic E-state index is 12.3. The third-order valence-corrected chi connectivity index (χ3v) is 4.19. The number of rotatable bonds is 7. The molecule has 2 aromatic carbocycles. The molecule has 0 saturated carbocycles. The number of ether oxygens (including phenoxy) is 2. The summed E-state index contributed by atoms with van der Waals surface area (Å²) in [7, 11) is 1.29. The molecule has 0 unspecified atom stereocenters. The largest absolute Gasteiger partial charge is 0.484 e. The molecule has 9 heteroatoms. The van der Waals surface area contributed by atoms with Gasteiger partial charge >= 0.3 is 5.97 Å². The van der Waals surface area contributed by atoms with E-state index in [1.807, 2.05) is 31.2 Å². The fraction of sp³-hybridized carbons (Fsp3) is 0.200. The minimum atomic E-state index is -0.488. The predicted molar refractivity (Wildman–Crippen MR) is 107 cm³/mol. The van der Waals surface area contributed by atoms with Crippen LogP contribution in [0.5, 0.6) is 5.75 Å². The van der Waals surface area contributed by atoms with Crippen molar-refractivity contribution in [3.63, 3.8) is 0 Å². The van der Waals surface area contributed by atoms with E-state index in [0.29, 0.717) is 17.0 Å². The summed E-state index contributed by atoms with van der Waals surface area (Å²) in [6.45, 7) is 1.93. The summed E-state index contributed by atoms with van der Waals surface area (Å²) in [5.74, 6) is 0.0750. The van der Waals surface area contributed by atoms with Gasteiger partial charge in [-0.1, -0.05) is 23.8 Å². The van der Waals surface area contributed by atoms with Crippen molar-refractivity contribution in [2.24, 2.45) is 0 Å². The van der Waals surface area contributed by atoms with Gasteiger partial charge in [0, 0.05) is 5.69 Å².